The summed E-state index contributed by atoms with van der Waals surface area (Å²) in [6.07, 6.45) is 2.16. The summed E-state index contributed by atoms with van der Waals surface area (Å²) in [4.78, 5) is 0. The fourth-order valence-corrected chi connectivity index (χ4v) is 7.83. The summed E-state index contributed by atoms with van der Waals surface area (Å²) in [6, 6.07) is 6.87. The summed E-state index contributed by atoms with van der Waals surface area (Å²) >= 11 is 3.79. The Morgan fingerprint density at radius 2 is 1.59 bits per heavy atom. The minimum atomic E-state index is -1.73. The quantitative estimate of drug-likeness (QED) is 0.399. The predicted molar refractivity (Wildman–Crippen MR) is 130 cm³/mol. The Morgan fingerprint density at radius 1 is 1.04 bits per heavy atom. The Balaban J connectivity index is 2.64. The first-order valence-corrected chi connectivity index (χ1v) is 17.6. The number of rotatable bonds is 7. The summed E-state index contributed by atoms with van der Waals surface area (Å²) in [5.41, 5.74) is 2.44. The molecule has 3 nitrogen and oxygen atoms in total. The third kappa shape index (κ3) is 4.38. The maximum atomic E-state index is 6.11. The molecule has 27 heavy (non-hydrogen) atoms. The number of hydrogen-bond donors (Lipinski definition) is 0. The highest BCUT2D eigenvalue weighted by molar-refractivity contribution is 9.10. The Bertz CT molecular complexity index is 790. The SMILES string of the molecule is C[SiH2]OC(O[SiH2]C)C(C)(C)c1ccc2c(Br)cn([Si](C)(C)C(C)(C)C)c2c1. The molecule has 0 saturated heterocycles. The smallest absolute Gasteiger partial charge is 0.161 e. The van der Waals surface area contributed by atoms with E-state index >= 15 is 0 Å². The molecule has 152 valence electrons. The van der Waals surface area contributed by atoms with Gasteiger partial charge in [-0.2, -0.15) is 0 Å². The van der Waals surface area contributed by atoms with Crippen LogP contribution >= 0.6 is 15.9 Å². The van der Waals surface area contributed by atoms with Gasteiger partial charge in [-0.15, -0.1) is 0 Å². The highest BCUT2D eigenvalue weighted by Gasteiger charge is 2.39. The second-order valence-corrected chi connectivity index (χ2v) is 17.1. The van der Waals surface area contributed by atoms with E-state index in [1.165, 1.54) is 20.9 Å². The van der Waals surface area contributed by atoms with E-state index in [-0.39, 0.29) is 16.7 Å². The normalized spacial score (nSPS) is 15.6. The maximum Gasteiger partial charge on any atom is 0.161 e. The van der Waals surface area contributed by atoms with Crippen LogP contribution in [0.4, 0.5) is 0 Å². The molecule has 0 atom stereocenters. The minimum Gasteiger partial charge on any atom is -0.400 e. The van der Waals surface area contributed by atoms with Gasteiger partial charge < -0.3 is 13.1 Å². The molecule has 0 aliphatic rings. The van der Waals surface area contributed by atoms with Crippen LogP contribution < -0.4 is 0 Å². The zero-order chi connectivity index (χ0) is 20.6. The van der Waals surface area contributed by atoms with Crippen LogP contribution in [0.15, 0.2) is 28.9 Å². The van der Waals surface area contributed by atoms with Crippen molar-refractivity contribution in [2.75, 3.05) is 0 Å². The molecular formula is C20H36BrNO2Si3. The Kier molecular flexibility index (Phi) is 7.08. The van der Waals surface area contributed by atoms with E-state index in [2.05, 4.69) is 105 Å². The van der Waals surface area contributed by atoms with Crippen molar-refractivity contribution in [1.82, 2.24) is 4.23 Å². The highest BCUT2D eigenvalue weighted by Crippen LogP contribution is 2.42. The van der Waals surface area contributed by atoms with Crippen LogP contribution in [0.5, 0.6) is 0 Å². The molecule has 7 heteroatoms. The summed E-state index contributed by atoms with van der Waals surface area (Å²) in [6.45, 7) is 20.9. The van der Waals surface area contributed by atoms with Gasteiger partial charge in [-0.05, 0) is 32.6 Å². The first-order chi connectivity index (χ1) is 12.4. The molecule has 0 bridgehead atoms. The van der Waals surface area contributed by atoms with Gasteiger partial charge in [-0.3, -0.25) is 0 Å². The molecule has 0 N–H and O–H groups in total. The van der Waals surface area contributed by atoms with Crippen molar-refractivity contribution in [2.45, 2.75) is 77.6 Å². The number of aromatic nitrogens is 1. The Labute approximate surface area is 179 Å². The average molecular weight is 487 g/mol. The number of halogens is 1. The van der Waals surface area contributed by atoms with E-state index in [1.807, 2.05) is 0 Å². The van der Waals surface area contributed by atoms with Gasteiger partial charge >= 0.3 is 0 Å². The van der Waals surface area contributed by atoms with Crippen LogP contribution in [-0.2, 0) is 14.3 Å². The van der Waals surface area contributed by atoms with Crippen LogP contribution in [0.25, 0.3) is 10.9 Å². The van der Waals surface area contributed by atoms with Crippen LogP contribution in [-0.4, -0.2) is 38.3 Å². The van der Waals surface area contributed by atoms with Crippen molar-refractivity contribution in [3.63, 3.8) is 0 Å². The third-order valence-corrected chi connectivity index (χ3v) is 13.3. The van der Waals surface area contributed by atoms with Crippen molar-refractivity contribution in [1.29, 1.82) is 0 Å². The van der Waals surface area contributed by atoms with E-state index in [0.717, 1.165) is 0 Å². The average Bonchev–Trinajstić information content (AvgIpc) is 2.90. The highest BCUT2D eigenvalue weighted by atomic mass is 79.9. The van der Waals surface area contributed by atoms with Gasteiger partial charge in [0.05, 0.1) is 0 Å². The molecule has 1 aromatic carbocycles. The van der Waals surface area contributed by atoms with Crippen LogP contribution in [0.3, 0.4) is 0 Å². The fourth-order valence-electron chi connectivity index (χ4n) is 3.31. The molecule has 0 amide bonds. The third-order valence-electron chi connectivity index (χ3n) is 6.16. The molecule has 1 heterocycles. The molecule has 0 aliphatic carbocycles. The second kappa shape index (κ2) is 8.28. The van der Waals surface area contributed by atoms with E-state index in [1.54, 1.807) is 0 Å². The zero-order valence-electron chi connectivity index (χ0n) is 18.4. The molecule has 2 rings (SSSR count). The molecular weight excluding hydrogens is 450 g/mol. The molecule has 2 aromatic rings. The summed E-state index contributed by atoms with van der Waals surface area (Å²) in [5, 5.41) is 1.55. The lowest BCUT2D eigenvalue weighted by Crippen LogP contribution is -2.45. The van der Waals surface area contributed by atoms with Crippen LogP contribution in [0.1, 0.15) is 40.2 Å². The van der Waals surface area contributed by atoms with Crippen molar-refractivity contribution in [2.24, 2.45) is 0 Å². The van der Waals surface area contributed by atoms with Crippen molar-refractivity contribution >= 4 is 54.6 Å². The molecule has 0 fully saturated rings. The Morgan fingerprint density at radius 3 is 2.07 bits per heavy atom. The largest absolute Gasteiger partial charge is 0.400 e. The summed E-state index contributed by atoms with van der Waals surface area (Å²) in [7, 11) is -2.79. The van der Waals surface area contributed by atoms with Gasteiger partial charge in [0.2, 0.25) is 0 Å². The maximum absolute atomic E-state index is 6.11. The van der Waals surface area contributed by atoms with Crippen molar-refractivity contribution in [3.8, 4) is 0 Å². The van der Waals surface area contributed by atoms with E-state index in [0.29, 0.717) is 0 Å². The molecule has 0 saturated carbocycles. The lowest BCUT2D eigenvalue weighted by Gasteiger charge is -2.39. The molecule has 0 aliphatic heterocycles. The minimum absolute atomic E-state index is 0.136. The number of benzene rings is 1. The van der Waals surface area contributed by atoms with Gasteiger partial charge in [0.1, 0.15) is 6.29 Å². The van der Waals surface area contributed by atoms with Gasteiger partial charge in [0.15, 0.2) is 27.8 Å². The van der Waals surface area contributed by atoms with Gasteiger partial charge in [-0.1, -0.05) is 72.9 Å². The summed E-state index contributed by atoms with van der Waals surface area (Å²) in [5.74, 6) is 0. The van der Waals surface area contributed by atoms with Gasteiger partial charge in [0, 0.05) is 27.0 Å². The van der Waals surface area contributed by atoms with Crippen LogP contribution in [0.2, 0.25) is 31.2 Å². The second-order valence-electron chi connectivity index (χ2n) is 9.35. The lowest BCUT2D eigenvalue weighted by molar-refractivity contribution is -0.0432. The number of nitrogens with zero attached hydrogens (tertiary/aromatic N) is 1. The van der Waals surface area contributed by atoms with Crippen LogP contribution in [0, 0.1) is 0 Å². The van der Waals surface area contributed by atoms with E-state index < -0.39 is 27.8 Å². The summed E-state index contributed by atoms with van der Waals surface area (Å²) < 4.78 is 16.0. The molecule has 0 radical (unpaired) electrons. The number of fused-ring (bicyclic) bond motifs is 1. The fraction of sp³-hybridized carbons (Fsp3) is 0.600. The first kappa shape index (κ1) is 23.1. The predicted octanol–water partition coefficient (Wildman–Crippen LogP) is 5.16. The topological polar surface area (TPSA) is 23.4 Å². The van der Waals surface area contributed by atoms with E-state index in [9.17, 15) is 0 Å². The monoisotopic (exact) mass is 485 g/mol. The molecule has 0 spiro atoms. The zero-order valence-corrected chi connectivity index (χ0v) is 23.9. The van der Waals surface area contributed by atoms with Gasteiger partial charge in [0.25, 0.3) is 0 Å². The standard InChI is InChI=1S/C20H36BrNO2Si3/c1-19(2,3)27(8,9)22-13-16(21)15-11-10-14(12-17(15)22)20(4,5)18(23-25-6)24-26-7/h10-13,18H,25-26H2,1-9H3. The molecule has 0 unspecified atom stereocenters. The Hall–Kier alpha value is -0.189. The van der Waals surface area contributed by atoms with Crippen molar-refractivity contribution in [3.05, 3.63) is 34.4 Å². The van der Waals surface area contributed by atoms with Gasteiger partial charge in [-0.25, -0.2) is 0 Å². The van der Waals surface area contributed by atoms with E-state index in [4.69, 9.17) is 8.85 Å². The first-order valence-electron chi connectivity index (χ1n) is 9.92. The lowest BCUT2D eigenvalue weighted by atomic mass is 9.83. The number of hydrogen-bond acceptors (Lipinski definition) is 2. The van der Waals surface area contributed by atoms with Crippen molar-refractivity contribution < 1.29 is 8.85 Å². The molecule has 1 aromatic heterocycles.